The van der Waals surface area contributed by atoms with Crippen LogP contribution in [0.1, 0.15) is 104 Å². The van der Waals surface area contributed by atoms with Gasteiger partial charge in [-0.15, -0.1) is 18.2 Å². The average molecular weight is 1290 g/mol. The van der Waals surface area contributed by atoms with Crippen LogP contribution in [-0.2, 0) is 88.8 Å². The van der Waals surface area contributed by atoms with E-state index < -0.39 is 69.3 Å². The third kappa shape index (κ3) is 11.8. The summed E-state index contributed by atoms with van der Waals surface area (Å²) < 4.78 is 64.2. The van der Waals surface area contributed by atoms with Crippen LogP contribution in [0.2, 0.25) is 0 Å². The molecule has 10 fully saturated rings. The number of thiol groups is 1. The number of fused-ring (bicyclic) bond motifs is 14. The van der Waals surface area contributed by atoms with Gasteiger partial charge in [-0.1, -0.05) is 51.0 Å². The summed E-state index contributed by atoms with van der Waals surface area (Å²) in [6.07, 6.45) is 25.5. The summed E-state index contributed by atoms with van der Waals surface area (Å²) in [6.45, 7) is 10.9. The predicted octanol–water partition coefficient (Wildman–Crippen LogP) is 4.16. The standard InChI is InChI=1S/C31H37NO7S.C28H35NO8S.C4H5O2.CH3F.Na.H2S/c1-29-8-5-21(33)11-19(29)3-4-22-23-12-20-15-32(14-18-6-9-37-16-18)39-31(20,30(23,2)13-24(34)27(22)29)26(35)17-40-25-7-10-38-28(25)36;1-26-8-6-20(30)10-18(26)4-5-21-22-11-19-14-29(13-17-7-9-35-15-17)37-28(19,24(32)16-36-38(3,33)34)27(22,2)12-23(31)25(21)26;5-4-2-1-3-6-4;1-2;;/h5-6,8-9,11,16,20,22-25,27,34H,3-4,7,10,12-15,17H2,1-2H3;6-10,15,19,21-23,25,31H,4-5,11-14,16H2,1-3H3;2H,1,3H2;1H3;;1H2/q;;-1;;+1;/p-1/t20-,22-,23-,24-,25?,27+,29-,30-,31-;19-,21-,22-,23-,25+,26-,27-,28-;;;;/m00..../s1/i;;;1D;;. The Hall–Kier alpha value is -3.69. The molecule has 0 amide bonds. The maximum atomic E-state index is 14.4. The van der Waals surface area contributed by atoms with E-state index in [1.165, 1.54) is 11.8 Å². The van der Waals surface area contributed by atoms with Crippen LogP contribution in [0.5, 0.6) is 0 Å². The minimum absolute atomic E-state index is 0. The van der Waals surface area contributed by atoms with E-state index in [9.17, 15) is 51.8 Å². The number of carbonyl (C=O) groups is 6. The number of nitrogens with zero attached hydrogens (tertiary/aromatic N) is 2. The molecule has 0 bridgehead atoms. The Kier molecular flexibility index (Phi) is 20.1. The van der Waals surface area contributed by atoms with E-state index in [4.69, 9.17) is 28.8 Å². The van der Waals surface area contributed by atoms with Gasteiger partial charge < -0.3 is 42.0 Å². The number of ether oxygens (including phenoxy) is 2. The first kappa shape index (κ1) is 67.2. The quantitative estimate of drug-likeness (QED) is 0.0755. The van der Waals surface area contributed by atoms with Gasteiger partial charge in [-0.05, 0) is 111 Å². The van der Waals surface area contributed by atoms with Crippen molar-refractivity contribution in [2.24, 2.45) is 69.0 Å². The number of aliphatic hydroxyl groups is 2. The Morgan fingerprint density at radius 3 is 1.66 bits per heavy atom. The van der Waals surface area contributed by atoms with Gasteiger partial charge in [0.15, 0.2) is 40.3 Å². The summed E-state index contributed by atoms with van der Waals surface area (Å²) in [5, 5.41) is 27.0. The van der Waals surface area contributed by atoms with E-state index in [1.54, 1.807) is 60.8 Å². The first-order chi connectivity index (χ1) is 41.3. The molecule has 4 saturated heterocycles. The van der Waals surface area contributed by atoms with Crippen molar-refractivity contribution in [3.63, 3.8) is 0 Å². The summed E-state index contributed by atoms with van der Waals surface area (Å²) >= 11 is 1.36. The SMILES string of the molecule is C[C@]12C=CC(=O)C=C1CC[C@@H]1[C@@H]2[C@@H](O)C[C@@]2(C)[C@H]1C[C@H]1CN(Cc3ccoc3)O[C@]12C(=O)COS(C)(=O)=O.C[C@]12C=CC(=O)C=C1CC[C@@H]1[C@@H]2[C@@H](O)C[C@@]2(C)[C@H]1C[C@H]1CN(Cc3ccoc3)O[C@]12C(=O)CSC1CCOC1=O.O=C1[CH-]CCO1.[2H]CF.[Na+].[SH-]. The van der Waals surface area contributed by atoms with E-state index in [0.717, 1.165) is 73.5 Å². The van der Waals surface area contributed by atoms with E-state index in [2.05, 4.69) is 25.5 Å². The minimum atomic E-state index is -3.83. The molecule has 88 heavy (non-hydrogen) atoms. The summed E-state index contributed by atoms with van der Waals surface area (Å²) in [6, 6.07) is 3.75. The monoisotopic (exact) mass is 1290 g/mol. The van der Waals surface area contributed by atoms with Gasteiger partial charge in [-0.3, -0.25) is 53.4 Å². The van der Waals surface area contributed by atoms with Crippen LogP contribution >= 0.6 is 11.8 Å². The molecule has 0 radical (unpaired) electrons. The number of carbonyl (C=O) groups excluding carboxylic acids is 6. The molecule has 4 aliphatic heterocycles. The van der Waals surface area contributed by atoms with Crippen molar-refractivity contribution in [2.75, 3.05) is 52.1 Å². The molecular formula is C64H81FN2NaO17S3-. The van der Waals surface area contributed by atoms with Crippen molar-refractivity contribution in [3.8, 4) is 0 Å². The van der Waals surface area contributed by atoms with Gasteiger partial charge >= 0.3 is 35.5 Å². The van der Waals surface area contributed by atoms with Crippen LogP contribution < -0.4 is 29.6 Å². The number of rotatable bonds is 12. The number of alkyl halides is 1. The van der Waals surface area contributed by atoms with Gasteiger partial charge in [0.05, 0.1) is 84.1 Å². The van der Waals surface area contributed by atoms with E-state index in [1.807, 2.05) is 36.3 Å². The Bertz CT molecular complexity index is 3230. The molecule has 0 aromatic carbocycles. The number of cyclic esters (lactones) is 2. The van der Waals surface area contributed by atoms with E-state index in [-0.39, 0.29) is 136 Å². The maximum Gasteiger partial charge on any atom is 1.00 e. The number of hydrogen-bond acceptors (Lipinski definition) is 21. The molecule has 476 valence electrons. The largest absolute Gasteiger partial charge is 1.00 e. The molecule has 14 rings (SSSR count). The van der Waals surface area contributed by atoms with Crippen molar-refractivity contribution in [1.29, 1.82) is 0 Å². The van der Waals surface area contributed by atoms with Gasteiger partial charge in [-0.2, -0.15) is 18.5 Å². The maximum absolute atomic E-state index is 14.4. The number of esters is 2. The van der Waals surface area contributed by atoms with Crippen LogP contribution in [0.4, 0.5) is 4.39 Å². The van der Waals surface area contributed by atoms with Gasteiger partial charge in [0.2, 0.25) is 0 Å². The van der Waals surface area contributed by atoms with E-state index in [0.29, 0.717) is 58.7 Å². The first-order valence-corrected chi connectivity index (χ1v) is 32.9. The van der Waals surface area contributed by atoms with Crippen LogP contribution in [0.15, 0.2) is 93.6 Å². The molecule has 1 unspecified atom stereocenters. The first-order valence-electron chi connectivity index (χ1n) is 30.7. The molecule has 19 nitrogen and oxygen atoms in total. The third-order valence-electron chi connectivity index (χ3n) is 22.2. The van der Waals surface area contributed by atoms with Crippen molar-refractivity contribution in [2.45, 2.75) is 134 Å². The van der Waals surface area contributed by atoms with Crippen molar-refractivity contribution in [3.05, 3.63) is 102 Å². The van der Waals surface area contributed by atoms with Crippen LogP contribution in [-0.4, -0.2) is 145 Å². The minimum Gasteiger partial charge on any atom is -0.813 e. The molecule has 24 heteroatoms. The fourth-order valence-electron chi connectivity index (χ4n) is 18.8. The van der Waals surface area contributed by atoms with Crippen LogP contribution in [0.3, 0.4) is 0 Å². The fraction of sp³-hybridized carbons (Fsp3) is 0.641. The smallest absolute Gasteiger partial charge is 0.813 e. The second kappa shape index (κ2) is 26.4. The third-order valence-corrected chi connectivity index (χ3v) is 24.0. The number of furan rings is 2. The number of halogens is 1. The van der Waals surface area contributed by atoms with Crippen molar-refractivity contribution < 1.29 is 115 Å². The number of hydroxylamine groups is 4. The molecule has 0 spiro atoms. The molecule has 6 saturated carbocycles. The normalized spacial score (nSPS) is 39.8. The summed E-state index contributed by atoms with van der Waals surface area (Å²) in [7, 11) is -4.83. The average Bonchev–Trinajstić information content (AvgIpc) is 1.40. The number of hydrogen-bond donors (Lipinski definition) is 2. The zero-order valence-corrected chi connectivity index (χ0v) is 55.4. The molecule has 2 aromatic rings. The Morgan fingerprint density at radius 2 is 1.26 bits per heavy atom. The Morgan fingerprint density at radius 1 is 0.773 bits per heavy atom. The molecule has 2 N–H and O–H groups in total. The molecule has 17 atom stereocenters. The zero-order valence-electron chi connectivity index (χ0n) is 51.8. The molecule has 12 aliphatic rings. The van der Waals surface area contributed by atoms with Gasteiger partial charge in [0.25, 0.3) is 10.1 Å². The summed E-state index contributed by atoms with van der Waals surface area (Å²) in [4.78, 5) is 88.3. The fourth-order valence-corrected chi connectivity index (χ4v) is 20.2. The van der Waals surface area contributed by atoms with Gasteiger partial charge in [-0.25, -0.2) is 0 Å². The molecule has 8 aliphatic carbocycles. The van der Waals surface area contributed by atoms with Crippen LogP contribution in [0, 0.1) is 75.4 Å². The van der Waals surface area contributed by atoms with Crippen LogP contribution in [0.25, 0.3) is 0 Å². The van der Waals surface area contributed by atoms with Gasteiger partial charge in [0, 0.05) is 76.0 Å². The molecule has 2 aromatic heterocycles. The molecular weight excluding hydrogens is 1210 g/mol. The number of ketones is 4. The van der Waals surface area contributed by atoms with Crippen molar-refractivity contribution in [1.82, 2.24) is 10.1 Å². The van der Waals surface area contributed by atoms with Crippen molar-refractivity contribution >= 4 is 70.4 Å². The predicted molar refractivity (Wildman–Crippen MR) is 318 cm³/mol. The Balaban J connectivity index is 0.000000182. The number of Topliss-reactive ketones (excluding diaryl/α,β-unsaturated/α-hetero) is 2. The summed E-state index contributed by atoms with van der Waals surface area (Å²) in [5.41, 5.74) is -0.378. The second-order valence-corrected chi connectivity index (χ2v) is 29.4. The number of thioether (sulfide) groups is 1. The Labute approximate surface area is 548 Å². The zero-order chi connectivity index (χ0) is 62.1. The molecule has 6 heterocycles. The summed E-state index contributed by atoms with van der Waals surface area (Å²) in [5.74, 6) is -0.264. The second-order valence-electron chi connectivity index (χ2n) is 26.6. The van der Waals surface area contributed by atoms with E-state index >= 15 is 0 Å². The number of allylic oxidation sites excluding steroid dienone is 8. The number of aliphatic hydroxyl groups excluding tert-OH is 2. The van der Waals surface area contributed by atoms with Gasteiger partial charge in [0.1, 0.15) is 11.9 Å². The topological polar surface area (TPSA) is 256 Å².